The molecule has 4 rings (SSSR count). The molecule has 30 heavy (non-hydrogen) atoms. The molecule has 2 aromatic heterocycles. The van der Waals surface area contributed by atoms with Crippen molar-refractivity contribution in [1.82, 2.24) is 15.0 Å². The summed E-state index contributed by atoms with van der Waals surface area (Å²) in [6.45, 7) is 7.73. The molecule has 0 N–H and O–H groups in total. The Morgan fingerprint density at radius 3 is 2.57 bits per heavy atom. The number of thioether (sulfide) groups is 1. The SMILES string of the molecule is CC(=O)N(c1nc(CSc2ncnc3ccccc23)cs1)c1c(C)cc(C)cc1C. The van der Waals surface area contributed by atoms with Crippen molar-refractivity contribution >= 4 is 50.7 Å². The van der Waals surface area contributed by atoms with E-state index in [4.69, 9.17) is 4.98 Å². The van der Waals surface area contributed by atoms with Crippen LogP contribution in [0.4, 0.5) is 10.8 Å². The summed E-state index contributed by atoms with van der Waals surface area (Å²) in [5.74, 6) is 0.634. The molecule has 0 aliphatic carbocycles. The van der Waals surface area contributed by atoms with Gasteiger partial charge in [-0.3, -0.25) is 9.69 Å². The molecule has 7 heteroatoms. The van der Waals surface area contributed by atoms with Gasteiger partial charge in [-0.05, 0) is 38.0 Å². The van der Waals surface area contributed by atoms with E-state index in [0.717, 1.165) is 38.4 Å². The number of anilines is 2. The number of hydrogen-bond donors (Lipinski definition) is 0. The van der Waals surface area contributed by atoms with Crippen molar-refractivity contribution in [3.05, 3.63) is 70.5 Å². The molecule has 0 aliphatic heterocycles. The monoisotopic (exact) mass is 434 g/mol. The van der Waals surface area contributed by atoms with E-state index in [1.54, 1.807) is 29.9 Å². The minimum absolute atomic E-state index is 0.0413. The Labute approximate surface area is 184 Å². The average Bonchev–Trinajstić information content (AvgIpc) is 3.17. The first-order valence-corrected chi connectivity index (χ1v) is 11.5. The van der Waals surface area contributed by atoms with Gasteiger partial charge in [0.05, 0.1) is 16.9 Å². The summed E-state index contributed by atoms with van der Waals surface area (Å²) < 4.78 is 0. The third-order valence-electron chi connectivity index (χ3n) is 4.77. The van der Waals surface area contributed by atoms with Crippen LogP contribution in [0.25, 0.3) is 10.9 Å². The summed E-state index contributed by atoms with van der Waals surface area (Å²) in [6, 6.07) is 12.2. The molecule has 0 aliphatic rings. The molecule has 152 valence electrons. The summed E-state index contributed by atoms with van der Waals surface area (Å²) in [7, 11) is 0. The van der Waals surface area contributed by atoms with E-state index in [2.05, 4.69) is 29.0 Å². The Bertz CT molecular complexity index is 1210. The molecule has 0 unspecified atom stereocenters. The molecule has 0 bridgehead atoms. The van der Waals surface area contributed by atoms with Gasteiger partial charge < -0.3 is 0 Å². The smallest absolute Gasteiger partial charge is 0.230 e. The number of aromatic nitrogens is 3. The van der Waals surface area contributed by atoms with E-state index >= 15 is 0 Å². The van der Waals surface area contributed by atoms with E-state index in [1.165, 1.54) is 16.9 Å². The van der Waals surface area contributed by atoms with Gasteiger partial charge >= 0.3 is 0 Å². The predicted molar refractivity (Wildman–Crippen MR) is 125 cm³/mol. The maximum absolute atomic E-state index is 12.5. The Kier molecular flexibility index (Phi) is 5.83. The van der Waals surface area contributed by atoms with Crippen molar-refractivity contribution in [2.75, 3.05) is 4.90 Å². The number of hydrogen-bond acceptors (Lipinski definition) is 6. The van der Waals surface area contributed by atoms with Gasteiger partial charge in [-0.2, -0.15) is 0 Å². The molecular formula is C23H22N4OS2. The van der Waals surface area contributed by atoms with Crippen LogP contribution < -0.4 is 4.90 Å². The predicted octanol–water partition coefficient (Wildman–Crippen LogP) is 5.99. The van der Waals surface area contributed by atoms with Crippen molar-refractivity contribution in [3.8, 4) is 0 Å². The highest BCUT2D eigenvalue weighted by Gasteiger charge is 2.22. The fourth-order valence-corrected chi connectivity index (χ4v) is 5.48. The van der Waals surface area contributed by atoms with Crippen molar-refractivity contribution in [3.63, 3.8) is 0 Å². The van der Waals surface area contributed by atoms with Gasteiger partial charge in [-0.15, -0.1) is 11.3 Å². The zero-order valence-electron chi connectivity index (χ0n) is 17.3. The summed E-state index contributed by atoms with van der Waals surface area (Å²) in [6.07, 6.45) is 1.59. The van der Waals surface area contributed by atoms with Crippen LogP contribution in [0.2, 0.25) is 0 Å². The van der Waals surface area contributed by atoms with Crippen LogP contribution in [-0.4, -0.2) is 20.9 Å². The first-order chi connectivity index (χ1) is 14.4. The van der Waals surface area contributed by atoms with Gasteiger partial charge in [0.15, 0.2) is 5.13 Å². The second kappa shape index (κ2) is 8.53. The zero-order valence-corrected chi connectivity index (χ0v) is 19.0. The maximum Gasteiger partial charge on any atom is 0.230 e. The quantitative estimate of drug-likeness (QED) is 0.285. The summed E-state index contributed by atoms with van der Waals surface area (Å²) in [5, 5.41) is 4.68. The maximum atomic E-state index is 12.5. The third kappa shape index (κ3) is 4.08. The number of carbonyl (C=O) groups excluding carboxylic acids is 1. The highest BCUT2D eigenvalue weighted by Crippen LogP contribution is 2.36. The van der Waals surface area contributed by atoms with Gasteiger partial charge in [-0.25, -0.2) is 15.0 Å². The molecule has 0 radical (unpaired) electrons. The van der Waals surface area contributed by atoms with E-state index in [1.807, 2.05) is 43.5 Å². The molecule has 2 aromatic carbocycles. The molecule has 2 heterocycles. The highest BCUT2D eigenvalue weighted by atomic mass is 32.2. The summed E-state index contributed by atoms with van der Waals surface area (Å²) in [5.41, 5.74) is 6.11. The number of rotatable bonds is 5. The first-order valence-electron chi connectivity index (χ1n) is 9.59. The number of thiazole rings is 1. The lowest BCUT2D eigenvalue weighted by Gasteiger charge is -2.23. The van der Waals surface area contributed by atoms with E-state index in [-0.39, 0.29) is 5.91 Å². The largest absolute Gasteiger partial charge is 0.274 e. The molecule has 0 atom stereocenters. The van der Waals surface area contributed by atoms with Gasteiger partial charge in [-0.1, -0.05) is 47.7 Å². The fourth-order valence-electron chi connectivity index (χ4n) is 3.62. The Balaban J connectivity index is 1.60. The molecule has 0 fully saturated rings. The Hall–Kier alpha value is -2.77. The van der Waals surface area contributed by atoms with Crippen molar-refractivity contribution in [1.29, 1.82) is 0 Å². The highest BCUT2D eigenvalue weighted by molar-refractivity contribution is 7.98. The molecule has 1 amide bonds. The van der Waals surface area contributed by atoms with Crippen molar-refractivity contribution in [2.45, 2.75) is 38.5 Å². The molecule has 4 aromatic rings. The van der Waals surface area contributed by atoms with Gasteiger partial charge in [0, 0.05) is 23.4 Å². The lowest BCUT2D eigenvalue weighted by atomic mass is 10.0. The Morgan fingerprint density at radius 1 is 1.10 bits per heavy atom. The van der Waals surface area contributed by atoms with Crippen LogP contribution in [0.1, 0.15) is 29.3 Å². The number of carbonyl (C=O) groups is 1. The number of benzene rings is 2. The number of aryl methyl sites for hydroxylation is 3. The van der Waals surface area contributed by atoms with Gasteiger partial charge in [0.1, 0.15) is 11.4 Å². The van der Waals surface area contributed by atoms with Crippen LogP contribution >= 0.6 is 23.1 Å². The van der Waals surface area contributed by atoms with E-state index < -0.39 is 0 Å². The van der Waals surface area contributed by atoms with Crippen LogP contribution in [0.3, 0.4) is 0 Å². The standard InChI is InChI=1S/C23H22N4OS2/c1-14-9-15(2)21(16(3)10-14)27(17(4)28)23-26-18(12-30-23)11-29-22-19-7-5-6-8-20(19)24-13-25-22/h5-10,12-13H,11H2,1-4H3. The number of fused-ring (bicyclic) bond motifs is 1. The number of para-hydroxylation sites is 1. The topological polar surface area (TPSA) is 59.0 Å². The third-order valence-corrected chi connectivity index (χ3v) is 6.68. The second-order valence-corrected chi connectivity index (χ2v) is 9.01. The number of nitrogens with zero attached hydrogens (tertiary/aromatic N) is 4. The van der Waals surface area contributed by atoms with Crippen molar-refractivity contribution < 1.29 is 4.79 Å². The van der Waals surface area contributed by atoms with Crippen LogP contribution in [0.15, 0.2) is 53.1 Å². The van der Waals surface area contributed by atoms with Crippen LogP contribution in [0, 0.1) is 20.8 Å². The fraction of sp³-hybridized carbons (Fsp3) is 0.217. The van der Waals surface area contributed by atoms with Crippen LogP contribution in [0.5, 0.6) is 0 Å². The lowest BCUT2D eigenvalue weighted by molar-refractivity contribution is -0.115. The molecule has 5 nitrogen and oxygen atoms in total. The van der Waals surface area contributed by atoms with Crippen LogP contribution in [-0.2, 0) is 10.5 Å². The van der Waals surface area contributed by atoms with Crippen molar-refractivity contribution in [2.24, 2.45) is 0 Å². The summed E-state index contributed by atoms with van der Waals surface area (Å²) in [4.78, 5) is 27.8. The molecule has 0 spiro atoms. The Morgan fingerprint density at radius 2 is 1.83 bits per heavy atom. The van der Waals surface area contributed by atoms with Gasteiger partial charge in [0.25, 0.3) is 0 Å². The minimum Gasteiger partial charge on any atom is -0.274 e. The zero-order chi connectivity index (χ0) is 21.3. The molecule has 0 saturated heterocycles. The normalized spacial score (nSPS) is 11.1. The van der Waals surface area contributed by atoms with Gasteiger partial charge in [0.2, 0.25) is 5.91 Å². The lowest BCUT2D eigenvalue weighted by Crippen LogP contribution is -2.24. The minimum atomic E-state index is -0.0413. The number of amides is 1. The first kappa shape index (κ1) is 20.5. The summed E-state index contributed by atoms with van der Waals surface area (Å²) >= 11 is 3.12. The van der Waals surface area contributed by atoms with E-state index in [0.29, 0.717) is 10.9 Å². The van der Waals surface area contributed by atoms with E-state index in [9.17, 15) is 4.79 Å². The second-order valence-electron chi connectivity index (χ2n) is 7.21. The molecular weight excluding hydrogens is 412 g/mol. The average molecular weight is 435 g/mol. The molecule has 0 saturated carbocycles.